The van der Waals surface area contributed by atoms with E-state index in [1.807, 2.05) is 0 Å². The van der Waals surface area contributed by atoms with Crippen LogP contribution in [0.1, 0.15) is 23.5 Å². The maximum atomic E-state index is 11.7. The molecule has 1 aliphatic rings. The summed E-state index contributed by atoms with van der Waals surface area (Å²) in [4.78, 5) is 11.7. The Hall–Kier alpha value is -2.69. The number of phenolic OH excluding ortho intramolecular Hbond substituents is 3. The summed E-state index contributed by atoms with van der Waals surface area (Å²) in [5.41, 5.74) is 1.25. The van der Waals surface area contributed by atoms with Crippen LogP contribution >= 0.6 is 0 Å². The first-order chi connectivity index (χ1) is 9.54. The van der Waals surface area contributed by atoms with Crippen molar-refractivity contribution in [3.8, 4) is 23.0 Å². The lowest BCUT2D eigenvalue weighted by Crippen LogP contribution is -2.21. The van der Waals surface area contributed by atoms with Crippen molar-refractivity contribution in [3.63, 3.8) is 0 Å². The van der Waals surface area contributed by atoms with E-state index in [4.69, 9.17) is 4.74 Å². The molecule has 0 amide bonds. The standard InChI is InChI=1S/C15H12O5/c16-9-3-1-8(2-4-9)11-7-14(19)20-13-6-10(17)5-12(18)15(11)13/h1-6,11,16-18H,7H2/t11-/m1/s1. The van der Waals surface area contributed by atoms with Gasteiger partial charge in [0, 0.05) is 23.6 Å². The number of aromatic hydroxyl groups is 3. The second kappa shape index (κ2) is 4.45. The SMILES string of the molecule is O=C1C[C@H](c2ccc(O)cc2)c2c(O)cc(O)cc2O1. The van der Waals surface area contributed by atoms with Gasteiger partial charge in [-0.25, -0.2) is 0 Å². The summed E-state index contributed by atoms with van der Waals surface area (Å²) in [5.74, 6) is -0.793. The third-order valence-corrected chi connectivity index (χ3v) is 3.34. The number of fused-ring (bicyclic) bond motifs is 1. The van der Waals surface area contributed by atoms with Gasteiger partial charge < -0.3 is 20.1 Å². The van der Waals surface area contributed by atoms with E-state index in [0.29, 0.717) is 5.56 Å². The second-order valence-corrected chi connectivity index (χ2v) is 4.70. The van der Waals surface area contributed by atoms with Crippen molar-refractivity contribution in [2.24, 2.45) is 0 Å². The summed E-state index contributed by atoms with van der Waals surface area (Å²) in [7, 11) is 0. The van der Waals surface area contributed by atoms with E-state index in [1.165, 1.54) is 24.3 Å². The second-order valence-electron chi connectivity index (χ2n) is 4.70. The molecule has 1 heterocycles. The summed E-state index contributed by atoms with van der Waals surface area (Å²) in [6.45, 7) is 0. The number of esters is 1. The van der Waals surface area contributed by atoms with Gasteiger partial charge >= 0.3 is 5.97 Å². The molecule has 5 nitrogen and oxygen atoms in total. The number of phenols is 3. The van der Waals surface area contributed by atoms with Crippen molar-refractivity contribution in [1.29, 1.82) is 0 Å². The minimum atomic E-state index is -0.430. The average molecular weight is 272 g/mol. The lowest BCUT2D eigenvalue weighted by Gasteiger charge is -2.25. The van der Waals surface area contributed by atoms with Crippen LogP contribution in [-0.4, -0.2) is 21.3 Å². The number of carbonyl (C=O) groups excluding carboxylic acids is 1. The Bertz CT molecular complexity index is 675. The van der Waals surface area contributed by atoms with Gasteiger partial charge in [-0.1, -0.05) is 12.1 Å². The maximum Gasteiger partial charge on any atom is 0.312 e. The van der Waals surface area contributed by atoms with Crippen molar-refractivity contribution in [1.82, 2.24) is 0 Å². The fourth-order valence-corrected chi connectivity index (χ4v) is 2.46. The van der Waals surface area contributed by atoms with Crippen molar-refractivity contribution in [3.05, 3.63) is 47.5 Å². The smallest absolute Gasteiger partial charge is 0.312 e. The van der Waals surface area contributed by atoms with Crippen LogP contribution in [0.4, 0.5) is 0 Å². The largest absolute Gasteiger partial charge is 0.508 e. The number of benzene rings is 2. The van der Waals surface area contributed by atoms with Gasteiger partial charge in [0.05, 0.1) is 6.42 Å². The summed E-state index contributed by atoms with van der Waals surface area (Å²) >= 11 is 0. The molecule has 0 aliphatic carbocycles. The van der Waals surface area contributed by atoms with Crippen molar-refractivity contribution >= 4 is 5.97 Å². The number of ether oxygens (including phenoxy) is 1. The van der Waals surface area contributed by atoms with Gasteiger partial charge in [-0.05, 0) is 17.7 Å². The fourth-order valence-electron chi connectivity index (χ4n) is 2.46. The summed E-state index contributed by atoms with van der Waals surface area (Å²) in [6, 6.07) is 8.94. The van der Waals surface area contributed by atoms with Crippen molar-refractivity contribution in [2.75, 3.05) is 0 Å². The molecule has 3 rings (SSSR count). The van der Waals surface area contributed by atoms with Crippen LogP contribution in [0, 0.1) is 0 Å². The van der Waals surface area contributed by atoms with Crippen LogP contribution in [0.15, 0.2) is 36.4 Å². The van der Waals surface area contributed by atoms with Gasteiger partial charge in [0.2, 0.25) is 0 Å². The van der Waals surface area contributed by atoms with Crippen molar-refractivity contribution < 1.29 is 24.9 Å². The number of rotatable bonds is 1. The molecule has 2 aromatic rings. The normalized spacial score (nSPS) is 17.4. The highest BCUT2D eigenvalue weighted by atomic mass is 16.5. The Morgan fingerprint density at radius 2 is 1.70 bits per heavy atom. The van der Waals surface area contributed by atoms with Crippen LogP contribution in [0.2, 0.25) is 0 Å². The molecule has 5 heteroatoms. The molecule has 1 aliphatic heterocycles. The molecule has 0 saturated heterocycles. The van der Waals surface area contributed by atoms with Gasteiger partial charge in [-0.3, -0.25) is 4.79 Å². The molecule has 0 spiro atoms. The third-order valence-electron chi connectivity index (χ3n) is 3.34. The topological polar surface area (TPSA) is 87.0 Å². The molecule has 0 saturated carbocycles. The fraction of sp³-hybridized carbons (Fsp3) is 0.133. The zero-order chi connectivity index (χ0) is 14.3. The first kappa shape index (κ1) is 12.3. The molecule has 0 aromatic heterocycles. The van der Waals surface area contributed by atoms with E-state index < -0.39 is 5.97 Å². The number of hydrogen-bond acceptors (Lipinski definition) is 5. The molecule has 20 heavy (non-hydrogen) atoms. The molecule has 0 fully saturated rings. The zero-order valence-electron chi connectivity index (χ0n) is 10.4. The number of carbonyl (C=O) groups is 1. The van der Waals surface area contributed by atoms with E-state index in [0.717, 1.165) is 5.56 Å². The Labute approximate surface area is 114 Å². The molecule has 1 atom stereocenters. The van der Waals surface area contributed by atoms with E-state index in [-0.39, 0.29) is 35.3 Å². The molecule has 0 unspecified atom stereocenters. The third kappa shape index (κ3) is 2.03. The predicted octanol–water partition coefficient (Wildman–Crippen LogP) is 2.24. The zero-order valence-corrected chi connectivity index (χ0v) is 10.4. The van der Waals surface area contributed by atoms with Crippen LogP contribution < -0.4 is 4.74 Å². The lowest BCUT2D eigenvalue weighted by atomic mass is 9.85. The van der Waals surface area contributed by atoms with E-state index in [2.05, 4.69) is 0 Å². The van der Waals surface area contributed by atoms with E-state index in [1.54, 1.807) is 12.1 Å². The lowest BCUT2D eigenvalue weighted by molar-refractivity contribution is -0.135. The molecule has 0 bridgehead atoms. The van der Waals surface area contributed by atoms with Gasteiger partial charge in [-0.2, -0.15) is 0 Å². The molecular formula is C15H12O5. The first-order valence-electron chi connectivity index (χ1n) is 6.10. The number of hydrogen-bond donors (Lipinski definition) is 3. The quantitative estimate of drug-likeness (QED) is 0.547. The minimum absolute atomic E-state index is 0.0934. The van der Waals surface area contributed by atoms with Crippen LogP contribution in [0.5, 0.6) is 23.0 Å². The highest BCUT2D eigenvalue weighted by Crippen LogP contribution is 2.45. The van der Waals surface area contributed by atoms with Gasteiger partial charge in [0.1, 0.15) is 23.0 Å². The van der Waals surface area contributed by atoms with Crippen molar-refractivity contribution in [2.45, 2.75) is 12.3 Å². The highest BCUT2D eigenvalue weighted by molar-refractivity contribution is 5.79. The molecule has 0 radical (unpaired) electrons. The summed E-state index contributed by atoms with van der Waals surface area (Å²) in [6.07, 6.45) is 0.0934. The van der Waals surface area contributed by atoms with Crippen LogP contribution in [-0.2, 0) is 4.79 Å². The molecule has 3 N–H and O–H groups in total. The minimum Gasteiger partial charge on any atom is -0.508 e. The highest BCUT2D eigenvalue weighted by Gasteiger charge is 2.31. The van der Waals surface area contributed by atoms with Gasteiger partial charge in [0.15, 0.2) is 0 Å². The molecule has 2 aromatic carbocycles. The van der Waals surface area contributed by atoms with E-state index in [9.17, 15) is 20.1 Å². The van der Waals surface area contributed by atoms with Gasteiger partial charge in [-0.15, -0.1) is 0 Å². The van der Waals surface area contributed by atoms with Gasteiger partial charge in [0.25, 0.3) is 0 Å². The molecule has 102 valence electrons. The first-order valence-corrected chi connectivity index (χ1v) is 6.10. The average Bonchev–Trinajstić information content (AvgIpc) is 2.37. The predicted molar refractivity (Wildman–Crippen MR) is 70.0 cm³/mol. The molecular weight excluding hydrogens is 260 g/mol. The summed E-state index contributed by atoms with van der Waals surface area (Å²) in [5, 5.41) is 28.8. The summed E-state index contributed by atoms with van der Waals surface area (Å²) < 4.78 is 5.06. The van der Waals surface area contributed by atoms with Crippen LogP contribution in [0.3, 0.4) is 0 Å². The Kier molecular flexibility index (Phi) is 2.75. The Balaban J connectivity index is 2.14. The monoisotopic (exact) mass is 272 g/mol. The van der Waals surface area contributed by atoms with Crippen LogP contribution in [0.25, 0.3) is 0 Å². The Morgan fingerprint density at radius 3 is 2.40 bits per heavy atom. The maximum absolute atomic E-state index is 11.7. The van der Waals surface area contributed by atoms with E-state index >= 15 is 0 Å². The Morgan fingerprint density at radius 1 is 1.00 bits per heavy atom.